The van der Waals surface area contributed by atoms with Gasteiger partial charge in [0, 0.05) is 32.3 Å². The Bertz CT molecular complexity index is 1340. The van der Waals surface area contributed by atoms with Gasteiger partial charge in [-0.3, -0.25) is 9.78 Å². The number of carbonyl (C=O) groups excluding carboxylic acids is 1. The predicted molar refractivity (Wildman–Crippen MR) is 126 cm³/mol. The number of benzene rings is 2. The van der Waals surface area contributed by atoms with E-state index in [1.165, 1.54) is 43.4 Å². The molecule has 1 saturated carbocycles. The van der Waals surface area contributed by atoms with Gasteiger partial charge in [0.2, 0.25) is 5.91 Å². The number of aliphatic hydroxyl groups is 2. The molecule has 1 aliphatic carbocycles. The first-order valence-corrected chi connectivity index (χ1v) is 11.7. The highest BCUT2D eigenvalue weighted by molar-refractivity contribution is 6.30. The van der Waals surface area contributed by atoms with Crippen molar-refractivity contribution in [3.05, 3.63) is 88.7 Å². The van der Waals surface area contributed by atoms with Crippen molar-refractivity contribution in [1.29, 1.82) is 0 Å². The first-order chi connectivity index (χ1) is 17.4. The number of alkyl halides is 3. The number of halogens is 4. The number of fused-ring (bicyclic) bond motifs is 3. The van der Waals surface area contributed by atoms with Crippen LogP contribution in [0.3, 0.4) is 0 Å². The summed E-state index contributed by atoms with van der Waals surface area (Å²) in [4.78, 5) is 19.0. The second-order valence-corrected chi connectivity index (χ2v) is 9.70. The van der Waals surface area contributed by atoms with Gasteiger partial charge < -0.3 is 24.6 Å². The van der Waals surface area contributed by atoms with E-state index in [4.69, 9.17) is 16.3 Å². The lowest BCUT2D eigenvalue weighted by molar-refractivity contribution is -0.274. The normalized spacial score (nSPS) is 28.3. The minimum Gasteiger partial charge on any atom is -0.476 e. The number of carbonyl (C=O) groups is 1. The fourth-order valence-electron chi connectivity index (χ4n) is 5.61. The van der Waals surface area contributed by atoms with Crippen molar-refractivity contribution >= 4 is 17.5 Å². The molecule has 2 heterocycles. The highest BCUT2D eigenvalue weighted by Gasteiger charge is 2.78. The summed E-state index contributed by atoms with van der Waals surface area (Å²) in [7, 11) is 3.05. The molecule has 194 valence electrons. The van der Waals surface area contributed by atoms with Gasteiger partial charge in [0.05, 0.1) is 10.9 Å². The van der Waals surface area contributed by atoms with Gasteiger partial charge in [-0.05, 0) is 23.3 Å². The van der Waals surface area contributed by atoms with Crippen LogP contribution in [0.15, 0.2) is 66.9 Å². The maximum atomic E-state index is 13.5. The molecule has 3 aromatic rings. The van der Waals surface area contributed by atoms with Gasteiger partial charge in [-0.2, -0.15) is 0 Å². The second kappa shape index (κ2) is 8.61. The molecule has 0 spiro atoms. The Hall–Kier alpha value is -3.34. The van der Waals surface area contributed by atoms with Crippen molar-refractivity contribution < 1.29 is 37.7 Å². The Morgan fingerprint density at radius 3 is 2.38 bits per heavy atom. The van der Waals surface area contributed by atoms with E-state index in [0.29, 0.717) is 5.56 Å². The number of aromatic nitrogens is 1. The zero-order valence-electron chi connectivity index (χ0n) is 19.6. The van der Waals surface area contributed by atoms with Crippen LogP contribution in [-0.4, -0.2) is 52.6 Å². The molecule has 1 fully saturated rings. The number of rotatable bonds is 4. The molecular weight excluding hydrogens is 513 g/mol. The number of nitrogens with zero attached hydrogens (tertiary/aromatic N) is 2. The smallest absolute Gasteiger partial charge is 0.476 e. The third-order valence-electron chi connectivity index (χ3n) is 6.98. The molecule has 5 atom stereocenters. The van der Waals surface area contributed by atoms with Gasteiger partial charge in [-0.15, -0.1) is 13.2 Å². The van der Waals surface area contributed by atoms with Gasteiger partial charge in [0.1, 0.15) is 23.3 Å². The van der Waals surface area contributed by atoms with Crippen molar-refractivity contribution in [2.75, 3.05) is 14.1 Å². The van der Waals surface area contributed by atoms with Gasteiger partial charge in [0.25, 0.3) is 0 Å². The van der Waals surface area contributed by atoms with Crippen LogP contribution in [0.4, 0.5) is 13.2 Å². The fraction of sp³-hybridized carbons (Fsp3) is 0.308. The summed E-state index contributed by atoms with van der Waals surface area (Å²) in [5, 5.41) is 24.3. The van der Waals surface area contributed by atoms with E-state index >= 15 is 0 Å². The monoisotopic (exact) mass is 534 g/mol. The third-order valence-corrected chi connectivity index (χ3v) is 7.19. The fourth-order valence-corrected chi connectivity index (χ4v) is 5.76. The molecule has 2 aliphatic rings. The van der Waals surface area contributed by atoms with Gasteiger partial charge >= 0.3 is 6.36 Å². The molecule has 0 bridgehead atoms. The third kappa shape index (κ3) is 3.74. The lowest BCUT2D eigenvalue weighted by Crippen LogP contribution is -2.52. The minimum absolute atomic E-state index is 0.0324. The van der Waals surface area contributed by atoms with Crippen LogP contribution >= 0.6 is 11.6 Å². The largest absolute Gasteiger partial charge is 0.573 e. The number of pyridine rings is 1. The van der Waals surface area contributed by atoms with Crippen molar-refractivity contribution in [3.8, 4) is 11.5 Å². The molecule has 1 aromatic heterocycles. The van der Waals surface area contributed by atoms with Crippen LogP contribution in [-0.2, 0) is 16.0 Å². The molecule has 7 nitrogen and oxygen atoms in total. The Labute approximate surface area is 215 Å². The van der Waals surface area contributed by atoms with E-state index < -0.39 is 47.2 Å². The molecule has 5 rings (SSSR count). The summed E-state index contributed by atoms with van der Waals surface area (Å²) in [6, 6.07) is 14.9. The topological polar surface area (TPSA) is 92.1 Å². The average molecular weight is 535 g/mol. The van der Waals surface area contributed by atoms with E-state index in [-0.39, 0.29) is 22.0 Å². The lowest BCUT2D eigenvalue weighted by atomic mass is 9.71. The van der Waals surface area contributed by atoms with Crippen LogP contribution in [0.1, 0.15) is 22.7 Å². The van der Waals surface area contributed by atoms with Gasteiger partial charge in [0.15, 0.2) is 11.2 Å². The minimum atomic E-state index is -4.90. The van der Waals surface area contributed by atoms with E-state index in [1.54, 1.807) is 30.3 Å². The first kappa shape index (κ1) is 25.3. The van der Waals surface area contributed by atoms with Crippen LogP contribution in [0.5, 0.6) is 11.5 Å². The van der Waals surface area contributed by atoms with Gasteiger partial charge in [-0.1, -0.05) is 54.1 Å². The maximum Gasteiger partial charge on any atom is 0.573 e. The van der Waals surface area contributed by atoms with E-state index in [0.717, 1.165) is 12.1 Å². The quantitative estimate of drug-likeness (QED) is 0.526. The van der Waals surface area contributed by atoms with Crippen molar-refractivity contribution in [2.45, 2.75) is 29.6 Å². The van der Waals surface area contributed by atoms with Crippen molar-refractivity contribution in [3.63, 3.8) is 0 Å². The Kier molecular flexibility index (Phi) is 5.89. The van der Waals surface area contributed by atoms with Crippen LogP contribution in [0.2, 0.25) is 5.02 Å². The standard InChI is InChI=1S/C26H22ClF3N2O5/c1-32(2)23(34)19-20(14-6-4-3-5-7-14)25(15-8-10-17(11-9-15)36-26(28,29)30)24(35,22(19)33)21-18(37-25)12-16(27)13-31-21/h3-13,19-20,22,33,35H,1-2H3/t19-,20-,22-,24?,25+/m1/s1. The molecule has 11 heteroatoms. The summed E-state index contributed by atoms with van der Waals surface area (Å²) in [5.74, 6) is -3.05. The number of hydrogen-bond donors (Lipinski definition) is 2. The van der Waals surface area contributed by atoms with Crippen LogP contribution in [0, 0.1) is 5.92 Å². The lowest BCUT2D eigenvalue weighted by Gasteiger charge is -2.40. The average Bonchev–Trinajstić information content (AvgIpc) is 3.21. The zero-order valence-corrected chi connectivity index (χ0v) is 20.4. The Morgan fingerprint density at radius 1 is 1.14 bits per heavy atom. The highest BCUT2D eigenvalue weighted by Crippen LogP contribution is 2.68. The van der Waals surface area contributed by atoms with Crippen LogP contribution < -0.4 is 9.47 Å². The molecule has 0 saturated heterocycles. The summed E-state index contributed by atoms with van der Waals surface area (Å²) >= 11 is 6.14. The Balaban J connectivity index is 1.79. The number of amides is 1. The summed E-state index contributed by atoms with van der Waals surface area (Å²) in [6.07, 6.45) is -5.32. The number of hydrogen-bond acceptors (Lipinski definition) is 6. The zero-order chi connectivity index (χ0) is 26.8. The maximum absolute atomic E-state index is 13.5. The summed E-state index contributed by atoms with van der Waals surface area (Å²) in [6.45, 7) is 0. The molecule has 0 radical (unpaired) electrons. The number of ether oxygens (including phenoxy) is 2. The second-order valence-electron chi connectivity index (χ2n) is 9.27. The molecular formula is C26H22ClF3N2O5. The SMILES string of the molecule is CN(C)C(=O)[C@H]1[C@@H](O)C2(O)c3ncc(Cl)cc3O[C@@]2(c2ccc(OC(F)(F)F)cc2)[C@@H]1c1ccccc1. The van der Waals surface area contributed by atoms with Crippen molar-refractivity contribution in [2.24, 2.45) is 5.92 Å². The predicted octanol–water partition coefficient (Wildman–Crippen LogP) is 3.97. The molecule has 1 unspecified atom stereocenters. The number of aliphatic hydroxyl groups excluding tert-OH is 1. The molecule has 2 aromatic carbocycles. The first-order valence-electron chi connectivity index (χ1n) is 11.3. The summed E-state index contributed by atoms with van der Waals surface area (Å²) in [5.41, 5.74) is -3.39. The highest BCUT2D eigenvalue weighted by atomic mass is 35.5. The Morgan fingerprint density at radius 2 is 1.78 bits per heavy atom. The molecule has 1 aliphatic heterocycles. The molecule has 37 heavy (non-hydrogen) atoms. The van der Waals surface area contributed by atoms with Gasteiger partial charge in [-0.25, -0.2) is 0 Å². The van der Waals surface area contributed by atoms with Crippen molar-refractivity contribution in [1.82, 2.24) is 9.88 Å². The van der Waals surface area contributed by atoms with E-state index in [2.05, 4.69) is 9.72 Å². The van der Waals surface area contributed by atoms with Crippen LogP contribution in [0.25, 0.3) is 0 Å². The molecule has 1 amide bonds. The van der Waals surface area contributed by atoms with E-state index in [9.17, 15) is 28.2 Å². The summed E-state index contributed by atoms with van der Waals surface area (Å²) < 4.78 is 48.9. The van der Waals surface area contributed by atoms with E-state index in [1.807, 2.05) is 0 Å². The molecule has 2 N–H and O–H groups in total.